The van der Waals surface area contributed by atoms with Crippen molar-refractivity contribution in [1.82, 2.24) is 9.37 Å². The number of hydrogen-bond acceptors (Lipinski definition) is 5. The topological polar surface area (TPSA) is 104 Å². The van der Waals surface area contributed by atoms with Crippen LogP contribution in [0.3, 0.4) is 0 Å². The van der Waals surface area contributed by atoms with Crippen LogP contribution in [0.1, 0.15) is 25.7 Å². The van der Waals surface area contributed by atoms with E-state index in [1.807, 2.05) is 0 Å². The van der Waals surface area contributed by atoms with Crippen LogP contribution in [-0.2, 0) is 30.5 Å². The molecule has 19 heavy (non-hydrogen) atoms. The second-order valence-electron chi connectivity index (χ2n) is 4.43. The van der Waals surface area contributed by atoms with Gasteiger partial charge < -0.3 is 4.84 Å². The molecule has 1 N–H and O–H groups in total. The van der Waals surface area contributed by atoms with E-state index >= 15 is 0 Å². The van der Waals surface area contributed by atoms with Crippen LogP contribution in [-0.4, -0.2) is 49.0 Å². The highest BCUT2D eigenvalue weighted by molar-refractivity contribution is 7.76. The van der Waals surface area contributed by atoms with Crippen LogP contribution in [0, 0.1) is 5.92 Å². The zero-order valence-corrected chi connectivity index (χ0v) is 10.9. The Kier molecular flexibility index (Phi) is 4.27. The minimum Gasteiger partial charge on any atom is -0.330 e. The molecule has 8 nitrogen and oxygen atoms in total. The summed E-state index contributed by atoms with van der Waals surface area (Å²) in [5, 5.41) is 0.527. The molecule has 106 valence electrons. The highest BCUT2D eigenvalue weighted by Gasteiger charge is 2.36. The van der Waals surface area contributed by atoms with E-state index in [0.717, 1.165) is 0 Å². The third-order valence-electron chi connectivity index (χ3n) is 3.20. The van der Waals surface area contributed by atoms with Crippen LogP contribution in [0.2, 0.25) is 0 Å². The third-order valence-corrected chi connectivity index (χ3v) is 4.00. The van der Waals surface area contributed by atoms with Gasteiger partial charge in [-0.25, -0.2) is 13.3 Å². The average Bonchev–Trinajstić information content (AvgIpc) is 2.70. The number of carbonyl (C=O) groups excluding carboxylic acids is 3. The Balaban J connectivity index is 1.86. The SMILES string of the molecule is O=C(ON1C(=O)CCC1=O)C1CCN(S(=O)O)CC1. The molecule has 0 aromatic carbocycles. The van der Waals surface area contributed by atoms with Gasteiger partial charge >= 0.3 is 5.97 Å². The van der Waals surface area contributed by atoms with Gasteiger partial charge in [0.1, 0.15) is 0 Å². The van der Waals surface area contributed by atoms with Crippen LogP contribution in [0.5, 0.6) is 0 Å². The standard InChI is InChI=1S/C10H14N2O6S/c13-8-1-2-9(14)12(8)18-10(15)7-3-5-11(6-4-7)19(16)17/h7H,1-6H2,(H,16,17). The fourth-order valence-corrected chi connectivity index (χ4v) is 2.59. The Hall–Kier alpha value is -1.32. The first-order chi connectivity index (χ1) is 8.99. The van der Waals surface area contributed by atoms with E-state index in [-0.39, 0.29) is 12.8 Å². The molecule has 2 aliphatic heterocycles. The molecule has 0 saturated carbocycles. The van der Waals surface area contributed by atoms with Crippen molar-refractivity contribution in [1.29, 1.82) is 0 Å². The summed E-state index contributed by atoms with van der Waals surface area (Å²) in [6.45, 7) is 0.593. The lowest BCUT2D eigenvalue weighted by molar-refractivity contribution is -0.201. The summed E-state index contributed by atoms with van der Waals surface area (Å²) < 4.78 is 21.0. The largest absolute Gasteiger partial charge is 0.336 e. The summed E-state index contributed by atoms with van der Waals surface area (Å²) in [6.07, 6.45) is 0.852. The number of hydroxylamine groups is 2. The third kappa shape index (κ3) is 3.17. The van der Waals surface area contributed by atoms with Crippen molar-refractivity contribution in [2.24, 2.45) is 5.92 Å². The first-order valence-electron chi connectivity index (χ1n) is 5.92. The van der Waals surface area contributed by atoms with Crippen molar-refractivity contribution >= 4 is 29.1 Å². The van der Waals surface area contributed by atoms with E-state index in [1.54, 1.807) is 0 Å². The lowest BCUT2D eigenvalue weighted by atomic mass is 9.99. The molecule has 2 aliphatic rings. The number of imide groups is 1. The lowest BCUT2D eigenvalue weighted by Gasteiger charge is -2.28. The van der Waals surface area contributed by atoms with Gasteiger partial charge in [0, 0.05) is 25.9 Å². The molecule has 2 heterocycles. The monoisotopic (exact) mass is 290 g/mol. The second kappa shape index (κ2) is 5.76. The maximum Gasteiger partial charge on any atom is 0.336 e. The molecule has 0 bridgehead atoms. The number of hydrogen-bond donors (Lipinski definition) is 1. The van der Waals surface area contributed by atoms with Gasteiger partial charge in [0.05, 0.1) is 5.92 Å². The molecule has 2 amide bonds. The fraction of sp³-hybridized carbons (Fsp3) is 0.700. The van der Waals surface area contributed by atoms with Crippen LogP contribution < -0.4 is 0 Å². The lowest BCUT2D eigenvalue weighted by Crippen LogP contribution is -2.40. The summed E-state index contributed by atoms with van der Waals surface area (Å²) in [5.41, 5.74) is 0. The molecule has 0 aliphatic carbocycles. The second-order valence-corrected chi connectivity index (χ2v) is 5.40. The van der Waals surface area contributed by atoms with E-state index in [2.05, 4.69) is 0 Å². The van der Waals surface area contributed by atoms with Crippen molar-refractivity contribution in [3.63, 3.8) is 0 Å². The van der Waals surface area contributed by atoms with Crippen molar-refractivity contribution < 1.29 is 28.0 Å². The normalized spacial score (nSPS) is 23.7. The molecule has 0 spiro atoms. The first-order valence-corrected chi connectivity index (χ1v) is 6.99. The predicted octanol–water partition coefficient (Wildman–Crippen LogP) is -0.558. The van der Waals surface area contributed by atoms with Gasteiger partial charge in [0.25, 0.3) is 11.8 Å². The van der Waals surface area contributed by atoms with E-state index in [4.69, 9.17) is 9.39 Å². The van der Waals surface area contributed by atoms with Gasteiger partial charge in [0.2, 0.25) is 11.3 Å². The van der Waals surface area contributed by atoms with Gasteiger partial charge in [-0.2, -0.15) is 0 Å². The van der Waals surface area contributed by atoms with Crippen LogP contribution in [0.15, 0.2) is 0 Å². The Morgan fingerprint density at radius 1 is 1.21 bits per heavy atom. The minimum absolute atomic E-state index is 0.0635. The van der Waals surface area contributed by atoms with E-state index in [0.29, 0.717) is 31.0 Å². The first kappa shape index (κ1) is 14.1. The molecule has 2 rings (SSSR count). The number of amides is 2. The van der Waals surface area contributed by atoms with E-state index in [1.165, 1.54) is 4.31 Å². The van der Waals surface area contributed by atoms with Crippen LogP contribution >= 0.6 is 0 Å². The maximum absolute atomic E-state index is 11.8. The van der Waals surface area contributed by atoms with Crippen molar-refractivity contribution in [2.75, 3.05) is 13.1 Å². The zero-order valence-electron chi connectivity index (χ0n) is 10.1. The summed E-state index contributed by atoms with van der Waals surface area (Å²) >= 11 is -2.03. The van der Waals surface area contributed by atoms with Crippen molar-refractivity contribution in [2.45, 2.75) is 25.7 Å². The smallest absolute Gasteiger partial charge is 0.330 e. The number of rotatable bonds is 3. The summed E-state index contributed by atoms with van der Waals surface area (Å²) in [4.78, 5) is 39.2. The van der Waals surface area contributed by atoms with Gasteiger partial charge in [-0.05, 0) is 12.8 Å². The van der Waals surface area contributed by atoms with Crippen molar-refractivity contribution in [3.8, 4) is 0 Å². The van der Waals surface area contributed by atoms with E-state index in [9.17, 15) is 18.6 Å². The average molecular weight is 290 g/mol. The Morgan fingerprint density at radius 3 is 2.21 bits per heavy atom. The Bertz CT molecular complexity index is 416. The molecule has 2 saturated heterocycles. The van der Waals surface area contributed by atoms with Gasteiger partial charge in [-0.1, -0.05) is 0 Å². The minimum atomic E-state index is -2.03. The van der Waals surface area contributed by atoms with E-state index < -0.39 is 35.0 Å². The summed E-state index contributed by atoms with van der Waals surface area (Å²) in [5.74, 6) is -2.10. The molecule has 2 fully saturated rings. The molecule has 1 unspecified atom stereocenters. The van der Waals surface area contributed by atoms with Gasteiger partial charge in [0.15, 0.2) is 0 Å². The fourth-order valence-electron chi connectivity index (χ4n) is 2.07. The molecule has 0 aromatic rings. The highest BCUT2D eigenvalue weighted by Crippen LogP contribution is 2.21. The van der Waals surface area contributed by atoms with Gasteiger partial charge in [-0.15, -0.1) is 5.06 Å². The Morgan fingerprint density at radius 2 is 1.74 bits per heavy atom. The quantitative estimate of drug-likeness (QED) is 0.552. The number of nitrogens with zero attached hydrogens (tertiary/aromatic N) is 2. The summed E-state index contributed by atoms with van der Waals surface area (Å²) in [6, 6.07) is 0. The molecule has 1 atom stereocenters. The molecular weight excluding hydrogens is 276 g/mol. The molecule has 0 radical (unpaired) electrons. The zero-order chi connectivity index (χ0) is 14.0. The summed E-state index contributed by atoms with van der Waals surface area (Å²) in [7, 11) is 0. The van der Waals surface area contributed by atoms with Crippen LogP contribution in [0.25, 0.3) is 0 Å². The molecular formula is C10H14N2O6S. The van der Waals surface area contributed by atoms with Crippen LogP contribution in [0.4, 0.5) is 0 Å². The highest BCUT2D eigenvalue weighted by atomic mass is 32.2. The predicted molar refractivity (Wildman–Crippen MR) is 62.2 cm³/mol. The van der Waals surface area contributed by atoms with Gasteiger partial charge in [-0.3, -0.25) is 14.1 Å². The molecule has 0 aromatic heterocycles. The number of piperidine rings is 1. The van der Waals surface area contributed by atoms with Crippen molar-refractivity contribution in [3.05, 3.63) is 0 Å². The maximum atomic E-state index is 11.8. The number of carbonyl (C=O) groups is 3. The molecule has 9 heteroatoms. The Labute approximate surface area is 112 Å².